The molecular weight excluding hydrogens is 206 g/mol. The van der Waals surface area contributed by atoms with E-state index < -0.39 is 11.5 Å². The maximum absolute atomic E-state index is 10.7. The van der Waals surface area contributed by atoms with E-state index in [1.807, 2.05) is 13.8 Å². The molecule has 0 bridgehead atoms. The molecule has 1 unspecified atom stereocenters. The molecule has 1 atom stereocenters. The number of carbonyl (C=O) groups is 1. The second kappa shape index (κ2) is 4.62. The highest BCUT2D eigenvalue weighted by Gasteiger charge is 2.19. The molecule has 1 aromatic rings. The summed E-state index contributed by atoms with van der Waals surface area (Å²) in [6, 6.07) is 0. The van der Waals surface area contributed by atoms with E-state index in [-0.39, 0.29) is 5.69 Å². The summed E-state index contributed by atoms with van der Waals surface area (Å²) < 4.78 is 0. The summed E-state index contributed by atoms with van der Waals surface area (Å²) in [5, 5.41) is 11.7. The fourth-order valence-corrected chi connectivity index (χ4v) is 1.04. The molecule has 1 aromatic heterocycles. The van der Waals surface area contributed by atoms with Gasteiger partial charge < -0.3 is 10.4 Å². The molecule has 5 heteroatoms. The lowest BCUT2D eigenvalue weighted by atomic mass is 10.0. The van der Waals surface area contributed by atoms with Crippen LogP contribution in [0, 0.1) is 12.3 Å². The van der Waals surface area contributed by atoms with Crippen LogP contribution >= 0.6 is 0 Å². The van der Waals surface area contributed by atoms with Gasteiger partial charge >= 0.3 is 5.97 Å². The zero-order chi connectivity index (χ0) is 12.2. The highest BCUT2D eigenvalue weighted by Crippen LogP contribution is 2.15. The van der Waals surface area contributed by atoms with Crippen molar-refractivity contribution in [3.63, 3.8) is 0 Å². The van der Waals surface area contributed by atoms with E-state index in [1.54, 1.807) is 0 Å². The lowest BCUT2D eigenvalue weighted by Gasteiger charge is -2.23. The second-order valence-electron chi connectivity index (χ2n) is 3.55. The third kappa shape index (κ3) is 2.70. The SMILES string of the molecule is C#CC(C)(CC)Nc1cncc(C(=O)O)n1. The lowest BCUT2D eigenvalue weighted by molar-refractivity contribution is 0.0690. The van der Waals surface area contributed by atoms with Gasteiger partial charge in [0.15, 0.2) is 5.69 Å². The molecule has 0 aliphatic carbocycles. The second-order valence-corrected chi connectivity index (χ2v) is 3.55. The van der Waals surface area contributed by atoms with E-state index in [1.165, 1.54) is 12.4 Å². The number of terminal acetylenes is 1. The molecule has 1 heterocycles. The summed E-state index contributed by atoms with van der Waals surface area (Å²) in [7, 11) is 0. The summed E-state index contributed by atoms with van der Waals surface area (Å²) in [4.78, 5) is 18.4. The average molecular weight is 219 g/mol. The minimum Gasteiger partial charge on any atom is -0.476 e. The largest absolute Gasteiger partial charge is 0.476 e. The van der Waals surface area contributed by atoms with Crippen LogP contribution in [0.5, 0.6) is 0 Å². The topological polar surface area (TPSA) is 75.1 Å². The van der Waals surface area contributed by atoms with Crippen molar-refractivity contribution in [1.29, 1.82) is 0 Å². The van der Waals surface area contributed by atoms with Crippen molar-refractivity contribution in [1.82, 2.24) is 9.97 Å². The number of aromatic nitrogens is 2. The van der Waals surface area contributed by atoms with E-state index in [0.29, 0.717) is 12.2 Å². The summed E-state index contributed by atoms with van der Waals surface area (Å²) in [5.41, 5.74) is -0.660. The number of hydrogen-bond acceptors (Lipinski definition) is 4. The molecule has 84 valence electrons. The molecule has 5 nitrogen and oxygen atoms in total. The fraction of sp³-hybridized carbons (Fsp3) is 0.364. The number of nitrogens with zero attached hydrogens (tertiary/aromatic N) is 2. The van der Waals surface area contributed by atoms with Crippen LogP contribution < -0.4 is 5.32 Å². The van der Waals surface area contributed by atoms with Gasteiger partial charge in [-0.25, -0.2) is 9.78 Å². The van der Waals surface area contributed by atoms with Gasteiger partial charge in [0.1, 0.15) is 5.82 Å². The Hall–Kier alpha value is -2.09. The van der Waals surface area contributed by atoms with Crippen molar-refractivity contribution in [3.8, 4) is 12.3 Å². The maximum Gasteiger partial charge on any atom is 0.356 e. The molecule has 2 N–H and O–H groups in total. The van der Waals surface area contributed by atoms with Crippen LogP contribution in [0.4, 0.5) is 5.82 Å². The molecule has 0 radical (unpaired) electrons. The molecule has 16 heavy (non-hydrogen) atoms. The van der Waals surface area contributed by atoms with E-state index in [2.05, 4.69) is 21.2 Å². The standard InChI is InChI=1S/C11H13N3O2/c1-4-11(3,5-2)14-9-7-12-6-8(13-9)10(15)16/h1,6-7H,5H2,2-3H3,(H,13,14)(H,15,16). The molecule has 0 saturated carbocycles. The average Bonchev–Trinajstić information content (AvgIpc) is 2.29. The Labute approximate surface area is 93.9 Å². The van der Waals surface area contributed by atoms with Crippen molar-refractivity contribution < 1.29 is 9.90 Å². The quantitative estimate of drug-likeness (QED) is 0.748. The third-order valence-corrected chi connectivity index (χ3v) is 2.28. The van der Waals surface area contributed by atoms with Gasteiger partial charge in [0.2, 0.25) is 0 Å². The van der Waals surface area contributed by atoms with Gasteiger partial charge in [0.05, 0.1) is 17.9 Å². The molecule has 0 aromatic carbocycles. The number of aromatic carboxylic acids is 1. The van der Waals surface area contributed by atoms with Gasteiger partial charge in [-0.2, -0.15) is 0 Å². The summed E-state index contributed by atoms with van der Waals surface area (Å²) in [5.74, 6) is 1.85. The zero-order valence-corrected chi connectivity index (χ0v) is 9.19. The van der Waals surface area contributed by atoms with E-state index in [4.69, 9.17) is 11.5 Å². The molecule has 0 spiro atoms. The minimum atomic E-state index is -1.12. The Kier molecular flexibility index (Phi) is 3.46. The van der Waals surface area contributed by atoms with E-state index in [9.17, 15) is 4.79 Å². The smallest absolute Gasteiger partial charge is 0.356 e. The van der Waals surface area contributed by atoms with E-state index in [0.717, 1.165) is 0 Å². The van der Waals surface area contributed by atoms with Crippen LogP contribution in [0.15, 0.2) is 12.4 Å². The number of rotatable bonds is 4. The number of hydrogen-bond donors (Lipinski definition) is 2. The minimum absolute atomic E-state index is 0.111. The highest BCUT2D eigenvalue weighted by molar-refractivity contribution is 5.85. The van der Waals surface area contributed by atoms with Crippen molar-refractivity contribution >= 4 is 11.8 Å². The monoisotopic (exact) mass is 219 g/mol. The van der Waals surface area contributed by atoms with Gasteiger partial charge in [-0.15, -0.1) is 6.42 Å². The summed E-state index contributed by atoms with van der Waals surface area (Å²) in [6.07, 6.45) is 8.71. The van der Waals surface area contributed by atoms with Crippen LogP contribution in [-0.2, 0) is 0 Å². The predicted molar refractivity (Wildman–Crippen MR) is 60.1 cm³/mol. The maximum atomic E-state index is 10.7. The Morgan fingerprint density at radius 3 is 2.88 bits per heavy atom. The summed E-state index contributed by atoms with van der Waals surface area (Å²) in [6.45, 7) is 3.77. The number of anilines is 1. The molecule has 0 fully saturated rings. The first-order valence-corrected chi connectivity index (χ1v) is 4.82. The normalized spacial score (nSPS) is 13.6. The summed E-state index contributed by atoms with van der Waals surface area (Å²) >= 11 is 0. The predicted octanol–water partition coefficient (Wildman–Crippen LogP) is 1.39. The molecule has 0 aliphatic heterocycles. The van der Waals surface area contributed by atoms with Gasteiger partial charge in [-0.3, -0.25) is 4.98 Å². The number of carboxylic acid groups (broad SMARTS) is 1. The van der Waals surface area contributed by atoms with Gasteiger partial charge in [0, 0.05) is 0 Å². The first-order chi connectivity index (χ1) is 7.50. The van der Waals surface area contributed by atoms with Crippen molar-refractivity contribution in [2.75, 3.05) is 5.32 Å². The number of carboxylic acids is 1. The number of nitrogens with one attached hydrogen (secondary N) is 1. The van der Waals surface area contributed by atoms with Crippen LogP contribution in [0.2, 0.25) is 0 Å². The molecule has 0 amide bonds. The lowest BCUT2D eigenvalue weighted by Crippen LogP contribution is -2.32. The van der Waals surface area contributed by atoms with Crippen LogP contribution in [0.25, 0.3) is 0 Å². The van der Waals surface area contributed by atoms with Crippen LogP contribution in [0.3, 0.4) is 0 Å². The van der Waals surface area contributed by atoms with Gasteiger partial charge in [0.25, 0.3) is 0 Å². The van der Waals surface area contributed by atoms with Gasteiger partial charge in [-0.05, 0) is 13.3 Å². The van der Waals surface area contributed by atoms with Crippen molar-refractivity contribution in [2.45, 2.75) is 25.8 Å². The molecular formula is C11H13N3O2. The fourth-order valence-electron chi connectivity index (χ4n) is 1.04. The first-order valence-electron chi connectivity index (χ1n) is 4.82. The van der Waals surface area contributed by atoms with Crippen LogP contribution in [-0.4, -0.2) is 26.6 Å². The third-order valence-electron chi connectivity index (χ3n) is 2.28. The zero-order valence-electron chi connectivity index (χ0n) is 9.19. The Bertz CT molecular complexity index is 439. The molecule has 1 rings (SSSR count). The van der Waals surface area contributed by atoms with Gasteiger partial charge in [-0.1, -0.05) is 12.8 Å². The highest BCUT2D eigenvalue weighted by atomic mass is 16.4. The molecule has 0 saturated heterocycles. The first kappa shape index (κ1) is 12.0. The van der Waals surface area contributed by atoms with Crippen molar-refractivity contribution in [3.05, 3.63) is 18.1 Å². The Morgan fingerprint density at radius 1 is 1.69 bits per heavy atom. The van der Waals surface area contributed by atoms with Crippen molar-refractivity contribution in [2.24, 2.45) is 0 Å². The van der Waals surface area contributed by atoms with E-state index >= 15 is 0 Å². The van der Waals surface area contributed by atoms with Crippen LogP contribution in [0.1, 0.15) is 30.8 Å². The Morgan fingerprint density at radius 2 is 2.38 bits per heavy atom. The Balaban J connectivity index is 2.94. The molecule has 0 aliphatic rings.